The maximum atomic E-state index is 4.55. The molecule has 0 aliphatic carbocycles. The smallest absolute Gasteiger partial charge is 0.213 e. The average molecular weight is 1230 g/mol. The van der Waals surface area contributed by atoms with E-state index in [0.29, 0.717) is 0 Å². The predicted molar refractivity (Wildman–Crippen MR) is 325 cm³/mol. The number of fused-ring (bicyclic) bond motifs is 9. The van der Waals surface area contributed by atoms with Crippen LogP contribution in [0.25, 0.3) is 78.5 Å². The van der Waals surface area contributed by atoms with E-state index in [-0.39, 0.29) is 20.1 Å². The van der Waals surface area contributed by atoms with E-state index in [2.05, 4.69) is 239 Å². The Labute approximate surface area is 491 Å². The molecule has 15 rings (SSSR count). The number of hydrogen-bond donors (Lipinski definition) is 0. The SMILES string of the molecule is CCc1cc2[n+](cc1-c1ccccc1)Cc1ccccc1-2.Cc1cc(-c2[c-]cccc2)ncc1-c1ccccc1.Cc1ccc(-c2[c-]cccc2)nc1.Cc1ccc2c(c1)C[n+]1ccccc1-2.[Ir].c1ccc2c(c1)C[n+]1ccccc1-2. The molecule has 3 aliphatic rings. The van der Waals surface area contributed by atoms with Crippen molar-refractivity contribution in [3.8, 4) is 78.5 Å². The van der Waals surface area contributed by atoms with Crippen molar-refractivity contribution in [3.05, 3.63) is 319 Å². The van der Waals surface area contributed by atoms with Crippen LogP contribution in [0.4, 0.5) is 0 Å². The van der Waals surface area contributed by atoms with Crippen LogP contribution in [0.2, 0.25) is 0 Å². The minimum atomic E-state index is 0. The molecule has 6 heteroatoms. The second kappa shape index (κ2) is 26.3. The summed E-state index contributed by atoms with van der Waals surface area (Å²) < 4.78 is 6.96. The first-order chi connectivity index (χ1) is 39.4. The van der Waals surface area contributed by atoms with Crippen LogP contribution < -0.4 is 13.7 Å². The number of pyridine rings is 5. The largest absolute Gasteiger partial charge is 0.304 e. The van der Waals surface area contributed by atoms with Crippen molar-refractivity contribution in [1.82, 2.24) is 9.97 Å². The van der Waals surface area contributed by atoms with Gasteiger partial charge in [0.15, 0.2) is 38.2 Å². The van der Waals surface area contributed by atoms with Gasteiger partial charge < -0.3 is 9.97 Å². The van der Waals surface area contributed by atoms with Crippen LogP contribution in [0.15, 0.2) is 268 Å². The standard InChI is InChI=1S/C20H18N.C18H14N.C13H12N.2C12H10N.Ir/c1-2-15-12-20-18-11-7-6-10-17(18)13-21(20)14-19(15)16-8-4-3-5-9-16;1-14-12-18(16-10-6-3-7-11-16)19-13-17(14)15-8-4-2-5-9-15;1-10-5-6-12-11(8-10)9-14-7-3-2-4-13(12)14;1-2-6-11-10(5-1)9-13-8-4-3-7-12(11)13;1-10-7-8-12(13-9-10)11-5-3-2-4-6-11;/h3-12,14H,2,13H2,1H3;2-10,12-13H,1H3;2-8H,9H2,1H3;1-8H,9H2;2-5,7-9H,1H3;/q+1;-1;2*+1;-1;. The van der Waals surface area contributed by atoms with Crippen molar-refractivity contribution in [2.75, 3.05) is 0 Å². The van der Waals surface area contributed by atoms with E-state index in [0.717, 1.165) is 48.6 Å². The number of aryl methyl sites for hydroxylation is 4. The predicted octanol–water partition coefficient (Wildman–Crippen LogP) is 15.9. The summed E-state index contributed by atoms with van der Waals surface area (Å²) in [5, 5.41) is 0. The summed E-state index contributed by atoms with van der Waals surface area (Å²) in [6.45, 7) is 11.6. The van der Waals surface area contributed by atoms with Crippen molar-refractivity contribution < 1.29 is 33.8 Å². The van der Waals surface area contributed by atoms with E-state index in [4.69, 9.17) is 0 Å². The van der Waals surface area contributed by atoms with Crippen molar-refractivity contribution >= 4 is 0 Å². The Morgan fingerprint density at radius 3 is 1.48 bits per heavy atom. The van der Waals surface area contributed by atoms with Crippen molar-refractivity contribution in [2.24, 2.45) is 0 Å². The maximum absolute atomic E-state index is 4.55. The van der Waals surface area contributed by atoms with Gasteiger partial charge in [0.05, 0.1) is 16.7 Å². The summed E-state index contributed by atoms with van der Waals surface area (Å²) in [5.74, 6) is 0. The molecule has 5 aromatic heterocycles. The topological polar surface area (TPSA) is 37.4 Å². The molecule has 0 saturated carbocycles. The zero-order valence-electron chi connectivity index (χ0n) is 46.3. The second-order valence-electron chi connectivity index (χ2n) is 20.4. The van der Waals surface area contributed by atoms with Crippen molar-refractivity contribution in [2.45, 2.75) is 53.8 Å². The van der Waals surface area contributed by atoms with Crippen LogP contribution in [0.3, 0.4) is 0 Å². The van der Waals surface area contributed by atoms with Crippen LogP contribution >= 0.6 is 0 Å². The Hall–Kier alpha value is -9.06. The first kappa shape index (κ1) is 55.3. The van der Waals surface area contributed by atoms with E-state index in [9.17, 15) is 0 Å². The first-order valence-electron chi connectivity index (χ1n) is 27.6. The fraction of sp³-hybridized carbons (Fsp3) is 0.107. The van der Waals surface area contributed by atoms with Crippen LogP contribution in [0, 0.1) is 32.9 Å². The molecular formula is C75H64IrN5+. The average Bonchev–Trinajstić information content (AvgIpc) is 4.25. The fourth-order valence-corrected chi connectivity index (χ4v) is 10.7. The second-order valence-corrected chi connectivity index (χ2v) is 20.4. The van der Waals surface area contributed by atoms with E-state index in [1.165, 1.54) is 95.0 Å². The summed E-state index contributed by atoms with van der Waals surface area (Å²) in [6.07, 6.45) is 11.5. The normalized spacial score (nSPS) is 11.3. The first-order valence-corrected chi connectivity index (χ1v) is 27.6. The summed E-state index contributed by atoms with van der Waals surface area (Å²) >= 11 is 0. The van der Waals surface area contributed by atoms with Crippen LogP contribution in [0.5, 0.6) is 0 Å². The maximum Gasteiger partial charge on any atom is 0.213 e. The molecule has 0 unspecified atom stereocenters. The Morgan fingerprint density at radius 2 is 0.901 bits per heavy atom. The summed E-state index contributed by atoms with van der Waals surface area (Å²) in [7, 11) is 0. The van der Waals surface area contributed by atoms with E-state index in [1.54, 1.807) is 0 Å². The fourth-order valence-electron chi connectivity index (χ4n) is 10.7. The molecule has 7 aromatic carbocycles. The zero-order chi connectivity index (χ0) is 54.6. The van der Waals surface area contributed by atoms with Gasteiger partial charge in [-0.2, -0.15) is 13.7 Å². The minimum Gasteiger partial charge on any atom is -0.304 e. The third-order valence-corrected chi connectivity index (χ3v) is 14.8. The number of benzene rings is 7. The molecule has 5 nitrogen and oxygen atoms in total. The molecule has 0 N–H and O–H groups in total. The van der Waals surface area contributed by atoms with Crippen LogP contribution in [-0.2, 0) is 46.2 Å². The molecule has 0 fully saturated rings. The molecule has 0 spiro atoms. The van der Waals surface area contributed by atoms with Crippen molar-refractivity contribution in [3.63, 3.8) is 0 Å². The Kier molecular flexibility index (Phi) is 17.9. The minimum absolute atomic E-state index is 0. The Bertz CT molecular complexity index is 3990. The number of rotatable bonds is 5. The molecule has 0 bridgehead atoms. The van der Waals surface area contributed by atoms with Gasteiger partial charge in [0, 0.05) is 90.6 Å². The molecule has 81 heavy (non-hydrogen) atoms. The van der Waals surface area contributed by atoms with Gasteiger partial charge in [-0.1, -0.05) is 134 Å². The molecule has 12 aromatic rings. The zero-order valence-corrected chi connectivity index (χ0v) is 48.7. The molecule has 8 heterocycles. The van der Waals surface area contributed by atoms with Gasteiger partial charge >= 0.3 is 0 Å². The van der Waals surface area contributed by atoms with Crippen LogP contribution in [-0.4, -0.2) is 9.97 Å². The van der Waals surface area contributed by atoms with E-state index >= 15 is 0 Å². The van der Waals surface area contributed by atoms with Gasteiger partial charge in [-0.15, -0.1) is 71.8 Å². The van der Waals surface area contributed by atoms with Gasteiger partial charge in [-0.05, 0) is 103 Å². The van der Waals surface area contributed by atoms with Crippen molar-refractivity contribution in [1.29, 1.82) is 0 Å². The molecule has 397 valence electrons. The third kappa shape index (κ3) is 13.0. The molecule has 0 saturated heterocycles. The molecule has 1 radical (unpaired) electrons. The molecule has 0 atom stereocenters. The molecular weight excluding hydrogens is 1160 g/mol. The summed E-state index contributed by atoms with van der Waals surface area (Å²) in [5.41, 5.74) is 26.7. The van der Waals surface area contributed by atoms with E-state index in [1.807, 2.05) is 92.1 Å². The number of hydrogen-bond acceptors (Lipinski definition) is 2. The summed E-state index contributed by atoms with van der Waals surface area (Å²) in [4.78, 5) is 8.87. The Morgan fingerprint density at radius 1 is 0.395 bits per heavy atom. The number of aromatic nitrogens is 5. The van der Waals surface area contributed by atoms with Gasteiger partial charge in [0.1, 0.15) is 0 Å². The third-order valence-electron chi connectivity index (χ3n) is 14.8. The number of nitrogens with zero attached hydrogens (tertiary/aromatic N) is 5. The van der Waals surface area contributed by atoms with Gasteiger partial charge in [0.25, 0.3) is 0 Å². The van der Waals surface area contributed by atoms with Gasteiger partial charge in [-0.3, -0.25) is 0 Å². The van der Waals surface area contributed by atoms with Gasteiger partial charge in [-0.25, -0.2) is 0 Å². The van der Waals surface area contributed by atoms with Gasteiger partial charge in [0.2, 0.25) is 17.1 Å². The van der Waals surface area contributed by atoms with Crippen LogP contribution in [0.1, 0.15) is 45.9 Å². The monoisotopic (exact) mass is 1230 g/mol. The summed E-state index contributed by atoms with van der Waals surface area (Å²) in [6, 6.07) is 88.4. The quantitative estimate of drug-likeness (QED) is 0.127. The molecule has 3 aliphatic heterocycles. The molecule has 0 amide bonds. The Balaban J connectivity index is 0.000000115. The van der Waals surface area contributed by atoms with E-state index < -0.39 is 0 Å².